The zero-order chi connectivity index (χ0) is 17.9. The van der Waals surface area contributed by atoms with Crippen LogP contribution in [0.4, 0.5) is 5.69 Å². The van der Waals surface area contributed by atoms with E-state index in [0.717, 1.165) is 16.6 Å². The first kappa shape index (κ1) is 18.0. The summed E-state index contributed by atoms with van der Waals surface area (Å²) < 4.78 is 0. The number of carbonyl (C=O) groups excluding carboxylic acids is 2. The van der Waals surface area contributed by atoms with Gasteiger partial charge in [0.1, 0.15) is 0 Å². The van der Waals surface area contributed by atoms with Gasteiger partial charge >= 0.3 is 0 Å². The molecule has 0 spiro atoms. The smallest absolute Gasteiger partial charge is 0.256 e. The number of carbonyl (C=O) groups is 2. The van der Waals surface area contributed by atoms with Crippen molar-refractivity contribution in [2.75, 3.05) is 18.9 Å². The molecule has 1 atom stereocenters. The second-order valence-electron chi connectivity index (χ2n) is 5.44. The van der Waals surface area contributed by atoms with Crippen LogP contribution in [-0.4, -0.2) is 25.4 Å². The Bertz CT molecular complexity index is 778. The van der Waals surface area contributed by atoms with Gasteiger partial charge in [0.25, 0.3) is 11.8 Å². The number of allylic oxidation sites excluding steroid dienone is 1. The Morgan fingerprint density at radius 3 is 2.75 bits per heavy atom. The van der Waals surface area contributed by atoms with Crippen LogP contribution in [0.5, 0.6) is 0 Å². The molecule has 5 nitrogen and oxygen atoms in total. The predicted octanol–water partition coefficient (Wildman–Crippen LogP) is 1.71. The maximum atomic E-state index is 12.3. The molecule has 1 aliphatic rings. The van der Waals surface area contributed by atoms with E-state index in [0.29, 0.717) is 29.0 Å². The maximum Gasteiger partial charge on any atom is 0.256 e. The van der Waals surface area contributed by atoms with Gasteiger partial charge in [-0.05, 0) is 42.9 Å². The van der Waals surface area contributed by atoms with Crippen LogP contribution < -0.4 is 21.3 Å². The van der Waals surface area contributed by atoms with Gasteiger partial charge in [0.05, 0.1) is 5.57 Å². The number of anilines is 1. The number of hydrogen-bond donors (Lipinski definition) is 3. The molecule has 24 heavy (non-hydrogen) atoms. The van der Waals surface area contributed by atoms with Crippen LogP contribution in [0.2, 0.25) is 0 Å². The maximum absolute atomic E-state index is 12.3. The lowest BCUT2D eigenvalue weighted by atomic mass is 10.0. The minimum Gasteiger partial charge on any atom is -0.388 e. The predicted molar refractivity (Wildman–Crippen MR) is 102 cm³/mol. The van der Waals surface area contributed by atoms with Gasteiger partial charge < -0.3 is 16.0 Å². The minimum atomic E-state index is -0.218. The van der Waals surface area contributed by atoms with E-state index in [1.54, 1.807) is 20.0 Å². The van der Waals surface area contributed by atoms with Crippen molar-refractivity contribution < 1.29 is 9.59 Å². The molecule has 0 fully saturated rings. The van der Waals surface area contributed by atoms with E-state index in [1.165, 1.54) is 0 Å². The first-order chi connectivity index (χ1) is 11.4. The molecule has 0 saturated heterocycles. The highest BCUT2D eigenvalue weighted by Crippen LogP contribution is 2.32. The first-order valence-electron chi connectivity index (χ1n) is 7.68. The van der Waals surface area contributed by atoms with Gasteiger partial charge in [0.2, 0.25) is 0 Å². The summed E-state index contributed by atoms with van der Waals surface area (Å²) in [6.45, 7) is 8.04. The van der Waals surface area contributed by atoms with Gasteiger partial charge in [-0.25, -0.2) is 0 Å². The fourth-order valence-corrected chi connectivity index (χ4v) is 2.72. The van der Waals surface area contributed by atoms with Crippen molar-refractivity contribution in [3.05, 3.63) is 53.3 Å². The highest BCUT2D eigenvalue weighted by Gasteiger charge is 2.24. The second-order valence-corrected chi connectivity index (χ2v) is 6.11. The topological polar surface area (TPSA) is 70.2 Å². The Labute approximate surface area is 144 Å². The lowest BCUT2D eigenvalue weighted by Gasteiger charge is -2.12. The number of hydrogen-bond acceptors (Lipinski definition) is 3. The van der Waals surface area contributed by atoms with Crippen molar-refractivity contribution in [3.8, 4) is 0 Å². The lowest BCUT2D eigenvalue weighted by molar-refractivity contribution is -0.117. The molecule has 0 saturated carbocycles. The van der Waals surface area contributed by atoms with Gasteiger partial charge in [-0.1, -0.05) is 12.6 Å². The van der Waals surface area contributed by atoms with Crippen LogP contribution in [-0.2, 0) is 9.59 Å². The van der Waals surface area contributed by atoms with Crippen LogP contribution >= 0.6 is 9.24 Å². The molecule has 0 aliphatic carbocycles. The van der Waals surface area contributed by atoms with Crippen molar-refractivity contribution in [3.63, 3.8) is 0 Å². The summed E-state index contributed by atoms with van der Waals surface area (Å²) in [7, 11) is 4.37. The highest BCUT2D eigenvalue weighted by atomic mass is 31.0. The zero-order valence-corrected chi connectivity index (χ0v) is 15.3. The van der Waals surface area contributed by atoms with E-state index in [4.69, 9.17) is 0 Å². The normalized spacial score (nSPS) is 15.5. The average Bonchev–Trinajstić information content (AvgIpc) is 2.86. The number of rotatable bonds is 5. The third-order valence-electron chi connectivity index (χ3n) is 3.85. The van der Waals surface area contributed by atoms with Gasteiger partial charge in [-0.15, -0.1) is 9.24 Å². The Kier molecular flexibility index (Phi) is 5.58. The van der Waals surface area contributed by atoms with Crippen LogP contribution in [0, 0.1) is 0 Å². The third-order valence-corrected chi connectivity index (χ3v) is 4.21. The van der Waals surface area contributed by atoms with Crippen LogP contribution in [0.1, 0.15) is 19.4 Å². The Morgan fingerprint density at radius 1 is 1.42 bits per heavy atom. The van der Waals surface area contributed by atoms with Crippen molar-refractivity contribution in [1.29, 1.82) is 0 Å². The van der Waals surface area contributed by atoms with Crippen LogP contribution in [0.25, 0.3) is 5.57 Å². The van der Waals surface area contributed by atoms with Gasteiger partial charge in [0, 0.05) is 36.1 Å². The summed E-state index contributed by atoms with van der Waals surface area (Å²) in [5, 5.41) is 9.62. The van der Waals surface area contributed by atoms with E-state index in [9.17, 15) is 9.59 Å². The summed E-state index contributed by atoms with van der Waals surface area (Å²) in [6, 6.07) is 5.73. The van der Waals surface area contributed by atoms with E-state index < -0.39 is 0 Å². The standard InChI is InChI=1S/C18H22N3O2P/c1-5-20-17(22)11(3)10(2)16(19-4)9-14-13-8-12(24)6-7-15(13)21-18(14)23/h6-9,19H,3,5,24H2,1-2,4H3,(H,20,22)(H,21,23)/b14-9-,16-10-. The molecule has 6 heteroatoms. The summed E-state index contributed by atoms with van der Waals surface area (Å²) in [5.74, 6) is -0.380. The van der Waals surface area contributed by atoms with Crippen LogP contribution in [0.3, 0.4) is 0 Å². The molecule has 0 radical (unpaired) electrons. The molecule has 3 N–H and O–H groups in total. The molecule has 1 heterocycles. The van der Waals surface area contributed by atoms with E-state index >= 15 is 0 Å². The molecule has 126 valence electrons. The molecule has 1 aromatic carbocycles. The quantitative estimate of drug-likeness (QED) is 0.433. The highest BCUT2D eigenvalue weighted by molar-refractivity contribution is 7.27. The van der Waals surface area contributed by atoms with Gasteiger partial charge in [-0.2, -0.15) is 0 Å². The number of amides is 2. The van der Waals surface area contributed by atoms with E-state index in [2.05, 4.69) is 31.8 Å². The molecular formula is C18H22N3O2P. The summed E-state index contributed by atoms with van der Waals surface area (Å²) in [5.41, 5.74) is 3.93. The summed E-state index contributed by atoms with van der Waals surface area (Å²) >= 11 is 0. The monoisotopic (exact) mass is 343 g/mol. The second kappa shape index (κ2) is 7.45. The molecule has 0 bridgehead atoms. The Balaban J connectivity index is 2.46. The molecule has 0 aromatic heterocycles. The third kappa shape index (κ3) is 3.57. The van der Waals surface area contributed by atoms with Crippen LogP contribution in [0.15, 0.2) is 47.7 Å². The number of likely N-dealkylation sites (N-methyl/N-ethyl adjacent to an activating group) is 2. The Hall–Kier alpha value is -2.39. The minimum absolute atomic E-state index is 0.162. The fourth-order valence-electron chi connectivity index (χ4n) is 2.46. The molecule has 1 aliphatic heterocycles. The van der Waals surface area contributed by atoms with Crippen molar-refractivity contribution >= 4 is 37.6 Å². The van der Waals surface area contributed by atoms with E-state index in [-0.39, 0.29) is 11.8 Å². The van der Waals surface area contributed by atoms with Crippen molar-refractivity contribution in [2.45, 2.75) is 13.8 Å². The van der Waals surface area contributed by atoms with E-state index in [1.807, 2.05) is 25.1 Å². The molecule has 1 aromatic rings. The average molecular weight is 343 g/mol. The SMILES string of the molecule is C=C(C(=O)NCC)/C(C)=C(/C=C1\C(=O)Nc2ccc(P)cc21)NC. The zero-order valence-electron chi connectivity index (χ0n) is 14.1. The number of nitrogens with one attached hydrogen (secondary N) is 3. The van der Waals surface area contributed by atoms with Gasteiger partial charge in [-0.3, -0.25) is 9.59 Å². The first-order valence-corrected chi connectivity index (χ1v) is 8.25. The largest absolute Gasteiger partial charge is 0.388 e. The number of fused-ring (bicyclic) bond motifs is 1. The van der Waals surface area contributed by atoms with Crippen molar-refractivity contribution in [1.82, 2.24) is 10.6 Å². The lowest BCUT2D eigenvalue weighted by Crippen LogP contribution is -2.25. The molecule has 2 rings (SSSR count). The molecular weight excluding hydrogens is 321 g/mol. The Morgan fingerprint density at radius 2 is 2.12 bits per heavy atom. The fraction of sp³-hybridized carbons (Fsp3) is 0.222. The summed E-state index contributed by atoms with van der Waals surface area (Å²) in [4.78, 5) is 24.3. The summed E-state index contributed by atoms with van der Waals surface area (Å²) in [6.07, 6.45) is 1.75. The van der Waals surface area contributed by atoms with Crippen molar-refractivity contribution in [2.24, 2.45) is 0 Å². The number of benzene rings is 1. The molecule has 1 unspecified atom stereocenters. The van der Waals surface area contributed by atoms with Gasteiger partial charge in [0.15, 0.2) is 0 Å². The molecule has 2 amide bonds.